The molecule has 2 aliphatic heterocycles. The van der Waals surface area contributed by atoms with Crippen molar-refractivity contribution in [3.8, 4) is 0 Å². The molecule has 2 heterocycles. The van der Waals surface area contributed by atoms with E-state index >= 15 is 0 Å². The minimum absolute atomic E-state index is 0.269. The third-order valence-electron chi connectivity index (χ3n) is 4.37. The van der Waals surface area contributed by atoms with Gasteiger partial charge in [0, 0.05) is 25.7 Å². The van der Waals surface area contributed by atoms with Gasteiger partial charge in [0.2, 0.25) is 0 Å². The molecule has 0 radical (unpaired) electrons. The Morgan fingerprint density at radius 3 is 2.74 bits per heavy atom. The van der Waals surface area contributed by atoms with Gasteiger partial charge in [0.25, 0.3) is 10.2 Å². The zero-order chi connectivity index (χ0) is 13.9. The highest BCUT2D eigenvalue weighted by atomic mass is 32.2. The maximum Gasteiger partial charge on any atom is 0.279 e. The molecule has 0 spiro atoms. The van der Waals surface area contributed by atoms with E-state index in [0.29, 0.717) is 31.5 Å². The molecule has 19 heavy (non-hydrogen) atoms. The highest BCUT2D eigenvalue weighted by molar-refractivity contribution is 7.87. The minimum Gasteiger partial charge on any atom is -0.312 e. The van der Waals surface area contributed by atoms with Crippen molar-refractivity contribution in [2.24, 2.45) is 11.8 Å². The van der Waals surface area contributed by atoms with Crippen molar-refractivity contribution < 1.29 is 8.42 Å². The van der Waals surface area contributed by atoms with Crippen LogP contribution in [0.5, 0.6) is 0 Å². The monoisotopic (exact) mass is 289 g/mol. The van der Waals surface area contributed by atoms with Gasteiger partial charge in [-0.25, -0.2) is 4.72 Å². The molecule has 0 bridgehead atoms. The Hall–Kier alpha value is -0.170. The fraction of sp³-hybridized carbons (Fsp3) is 1.00. The Balaban J connectivity index is 1.86. The standard InChI is InChI=1S/C13H27N3O2S/c1-11-5-4-8-16(10-11)19(17,18)15-9-13-12(2)6-3-7-14-13/h11-15H,3-10H2,1-2H3. The van der Waals surface area contributed by atoms with Crippen LogP contribution in [0.2, 0.25) is 0 Å². The second-order valence-corrected chi connectivity index (χ2v) is 7.89. The smallest absolute Gasteiger partial charge is 0.279 e. The van der Waals surface area contributed by atoms with Gasteiger partial charge < -0.3 is 5.32 Å². The lowest BCUT2D eigenvalue weighted by Gasteiger charge is -2.33. The summed E-state index contributed by atoms with van der Waals surface area (Å²) in [5.41, 5.74) is 0. The number of piperidine rings is 2. The summed E-state index contributed by atoms with van der Waals surface area (Å²) in [6, 6.07) is 0.269. The molecule has 2 fully saturated rings. The molecule has 0 aromatic rings. The van der Waals surface area contributed by atoms with Gasteiger partial charge in [0.05, 0.1) is 0 Å². The number of hydrogen-bond donors (Lipinski definition) is 2. The van der Waals surface area contributed by atoms with Gasteiger partial charge in [0.1, 0.15) is 0 Å². The second kappa shape index (κ2) is 6.52. The Morgan fingerprint density at radius 1 is 1.26 bits per heavy atom. The van der Waals surface area contributed by atoms with Crippen molar-refractivity contribution in [3.05, 3.63) is 0 Å². The van der Waals surface area contributed by atoms with E-state index in [9.17, 15) is 8.42 Å². The summed E-state index contributed by atoms with van der Waals surface area (Å²) >= 11 is 0. The largest absolute Gasteiger partial charge is 0.312 e. The molecule has 0 aromatic carbocycles. The van der Waals surface area contributed by atoms with Gasteiger partial charge >= 0.3 is 0 Å². The Morgan fingerprint density at radius 2 is 2.05 bits per heavy atom. The van der Waals surface area contributed by atoms with Gasteiger partial charge in [0.15, 0.2) is 0 Å². The molecule has 3 unspecified atom stereocenters. The first-order valence-corrected chi connectivity index (χ1v) is 8.91. The third kappa shape index (κ3) is 4.15. The SMILES string of the molecule is CC1CCCN(S(=O)(=O)NCC2NCCCC2C)C1. The summed E-state index contributed by atoms with van der Waals surface area (Å²) in [6.45, 7) is 7.13. The van der Waals surface area contributed by atoms with Crippen LogP contribution in [0.15, 0.2) is 0 Å². The second-order valence-electron chi connectivity index (χ2n) is 6.14. The zero-order valence-electron chi connectivity index (χ0n) is 12.1. The minimum atomic E-state index is -3.30. The molecule has 2 saturated heterocycles. The van der Waals surface area contributed by atoms with E-state index < -0.39 is 10.2 Å². The Bertz CT molecular complexity index is 385. The van der Waals surface area contributed by atoms with Crippen LogP contribution < -0.4 is 10.0 Å². The molecule has 6 heteroatoms. The fourth-order valence-electron chi connectivity index (χ4n) is 3.04. The summed E-state index contributed by atoms with van der Waals surface area (Å²) < 4.78 is 28.9. The van der Waals surface area contributed by atoms with E-state index in [1.54, 1.807) is 4.31 Å². The van der Waals surface area contributed by atoms with Crippen molar-refractivity contribution in [3.63, 3.8) is 0 Å². The molecule has 0 saturated carbocycles. The summed E-state index contributed by atoms with van der Waals surface area (Å²) in [5, 5.41) is 3.41. The molecule has 0 amide bonds. The van der Waals surface area contributed by atoms with Gasteiger partial charge in [-0.3, -0.25) is 0 Å². The predicted octanol–water partition coefficient (Wildman–Crippen LogP) is 0.941. The zero-order valence-corrected chi connectivity index (χ0v) is 12.9. The molecule has 3 atom stereocenters. The van der Waals surface area contributed by atoms with Gasteiger partial charge in [-0.1, -0.05) is 13.8 Å². The Labute approximate surface area is 117 Å². The summed E-state index contributed by atoms with van der Waals surface area (Å²) in [5.74, 6) is 1.01. The predicted molar refractivity (Wildman–Crippen MR) is 77.1 cm³/mol. The van der Waals surface area contributed by atoms with E-state index in [1.165, 1.54) is 12.8 Å². The van der Waals surface area contributed by atoms with Crippen molar-refractivity contribution in [1.29, 1.82) is 0 Å². The summed E-state index contributed by atoms with van der Waals surface area (Å²) in [6.07, 6.45) is 4.47. The number of rotatable bonds is 4. The van der Waals surface area contributed by atoms with E-state index in [0.717, 1.165) is 19.4 Å². The fourth-order valence-corrected chi connectivity index (χ4v) is 4.43. The highest BCUT2D eigenvalue weighted by Crippen LogP contribution is 2.18. The lowest BCUT2D eigenvalue weighted by molar-refractivity contribution is 0.271. The lowest BCUT2D eigenvalue weighted by atomic mass is 9.93. The van der Waals surface area contributed by atoms with Crippen LogP contribution in [-0.2, 0) is 10.2 Å². The number of hydrogen-bond acceptors (Lipinski definition) is 3. The van der Waals surface area contributed by atoms with Gasteiger partial charge in [-0.15, -0.1) is 0 Å². The molecular weight excluding hydrogens is 262 g/mol. The van der Waals surface area contributed by atoms with Crippen molar-refractivity contribution >= 4 is 10.2 Å². The van der Waals surface area contributed by atoms with Crippen LogP contribution in [0.25, 0.3) is 0 Å². The average Bonchev–Trinajstić information content (AvgIpc) is 2.38. The van der Waals surface area contributed by atoms with E-state index in [1.807, 2.05) is 0 Å². The van der Waals surface area contributed by atoms with Crippen LogP contribution in [0, 0.1) is 11.8 Å². The normalized spacial score (nSPS) is 34.3. The van der Waals surface area contributed by atoms with Crippen LogP contribution >= 0.6 is 0 Å². The molecule has 5 nitrogen and oxygen atoms in total. The van der Waals surface area contributed by atoms with Crippen LogP contribution in [-0.4, -0.2) is 44.9 Å². The molecule has 2 rings (SSSR count). The maximum absolute atomic E-state index is 12.3. The quantitative estimate of drug-likeness (QED) is 0.810. The lowest BCUT2D eigenvalue weighted by Crippen LogP contribution is -2.52. The summed E-state index contributed by atoms with van der Waals surface area (Å²) in [4.78, 5) is 0. The first-order chi connectivity index (χ1) is 8.99. The molecule has 0 aromatic heterocycles. The first kappa shape index (κ1) is 15.2. The molecule has 112 valence electrons. The van der Waals surface area contributed by atoms with Crippen LogP contribution in [0.4, 0.5) is 0 Å². The molecule has 2 aliphatic rings. The Kier molecular flexibility index (Phi) is 5.22. The molecule has 0 aliphatic carbocycles. The molecule has 2 N–H and O–H groups in total. The maximum atomic E-state index is 12.3. The first-order valence-electron chi connectivity index (χ1n) is 7.47. The molecular formula is C13H27N3O2S. The van der Waals surface area contributed by atoms with Crippen LogP contribution in [0.3, 0.4) is 0 Å². The van der Waals surface area contributed by atoms with E-state index in [2.05, 4.69) is 23.9 Å². The average molecular weight is 289 g/mol. The third-order valence-corrected chi connectivity index (χ3v) is 5.92. The van der Waals surface area contributed by atoms with Gasteiger partial charge in [-0.05, 0) is 44.1 Å². The van der Waals surface area contributed by atoms with Crippen molar-refractivity contribution in [2.75, 3.05) is 26.2 Å². The van der Waals surface area contributed by atoms with Crippen molar-refractivity contribution in [1.82, 2.24) is 14.3 Å². The van der Waals surface area contributed by atoms with E-state index in [-0.39, 0.29) is 6.04 Å². The number of nitrogens with zero attached hydrogens (tertiary/aromatic N) is 1. The van der Waals surface area contributed by atoms with E-state index in [4.69, 9.17) is 0 Å². The van der Waals surface area contributed by atoms with Crippen LogP contribution in [0.1, 0.15) is 39.5 Å². The van der Waals surface area contributed by atoms with Crippen molar-refractivity contribution in [2.45, 2.75) is 45.6 Å². The van der Waals surface area contributed by atoms with Gasteiger partial charge in [-0.2, -0.15) is 12.7 Å². The topological polar surface area (TPSA) is 61.4 Å². The highest BCUT2D eigenvalue weighted by Gasteiger charge is 2.28. The number of nitrogens with one attached hydrogen (secondary N) is 2. The summed E-state index contributed by atoms with van der Waals surface area (Å²) in [7, 11) is -3.30.